The summed E-state index contributed by atoms with van der Waals surface area (Å²) in [7, 11) is 0. The van der Waals surface area contributed by atoms with Crippen LogP contribution in [0, 0.1) is 0 Å². The Balaban J connectivity index is 2.53. The maximum Gasteiger partial charge on any atom is 0.0669 e. The zero-order chi connectivity index (χ0) is 15.6. The maximum atomic E-state index is 6.43. The number of nitrogens with two attached hydrogens (primary N) is 1. The fraction of sp³-hybridized carbons (Fsp3) is 1.00. The summed E-state index contributed by atoms with van der Waals surface area (Å²) in [5.74, 6) is 2.37. The van der Waals surface area contributed by atoms with Crippen molar-refractivity contribution in [2.75, 3.05) is 18.1 Å². The first-order valence-corrected chi connectivity index (χ1v) is 10.4. The maximum absolute atomic E-state index is 6.43. The van der Waals surface area contributed by atoms with E-state index in [1.54, 1.807) is 0 Å². The highest BCUT2D eigenvalue weighted by Gasteiger charge is 2.35. The summed E-state index contributed by atoms with van der Waals surface area (Å²) in [6.45, 7) is 8.26. The standard InChI is InChI=1S/C18H38N2S/c1-4-6-8-10-12-18(3,13-11-9-7-5-2)20-14-15-21-16-17(20)19/h17H,4-16,19H2,1-3H3. The minimum atomic E-state index is 0.270. The van der Waals surface area contributed by atoms with Crippen molar-refractivity contribution in [2.24, 2.45) is 5.73 Å². The topological polar surface area (TPSA) is 29.3 Å². The lowest BCUT2D eigenvalue weighted by Gasteiger charge is -2.47. The number of nitrogens with zero attached hydrogens (tertiary/aromatic N) is 1. The van der Waals surface area contributed by atoms with E-state index >= 15 is 0 Å². The van der Waals surface area contributed by atoms with E-state index in [2.05, 4.69) is 25.7 Å². The molecular formula is C18H38N2S. The largest absolute Gasteiger partial charge is 0.315 e. The highest BCUT2D eigenvalue weighted by Crippen LogP contribution is 2.32. The van der Waals surface area contributed by atoms with Gasteiger partial charge in [0, 0.05) is 23.6 Å². The van der Waals surface area contributed by atoms with E-state index in [0.717, 1.165) is 5.75 Å². The molecule has 0 spiro atoms. The average Bonchev–Trinajstić information content (AvgIpc) is 2.49. The van der Waals surface area contributed by atoms with E-state index < -0.39 is 0 Å². The molecule has 21 heavy (non-hydrogen) atoms. The molecule has 1 fully saturated rings. The molecule has 0 amide bonds. The third kappa shape index (κ3) is 6.92. The second-order valence-electron chi connectivity index (χ2n) is 6.95. The molecule has 3 heteroatoms. The molecule has 1 rings (SSSR count). The van der Waals surface area contributed by atoms with E-state index in [9.17, 15) is 0 Å². The van der Waals surface area contributed by atoms with E-state index in [1.165, 1.54) is 76.5 Å². The van der Waals surface area contributed by atoms with Gasteiger partial charge in [0.05, 0.1) is 6.17 Å². The quantitative estimate of drug-likeness (QED) is 0.543. The first kappa shape index (κ1) is 19.3. The summed E-state index contributed by atoms with van der Waals surface area (Å²) in [6, 6.07) is 0. The van der Waals surface area contributed by atoms with Crippen LogP contribution in [0.15, 0.2) is 0 Å². The lowest BCUT2D eigenvalue weighted by molar-refractivity contribution is 0.0506. The van der Waals surface area contributed by atoms with Gasteiger partial charge >= 0.3 is 0 Å². The van der Waals surface area contributed by atoms with E-state index in [0.29, 0.717) is 5.54 Å². The van der Waals surface area contributed by atoms with Crippen LogP contribution in [0.4, 0.5) is 0 Å². The number of rotatable bonds is 11. The van der Waals surface area contributed by atoms with Crippen molar-refractivity contribution in [3.8, 4) is 0 Å². The Bertz CT molecular complexity index is 246. The molecule has 1 atom stereocenters. The Morgan fingerprint density at radius 1 is 1.00 bits per heavy atom. The Labute approximate surface area is 137 Å². The van der Waals surface area contributed by atoms with Gasteiger partial charge in [0.2, 0.25) is 0 Å². The fourth-order valence-electron chi connectivity index (χ4n) is 3.57. The molecule has 1 heterocycles. The fourth-order valence-corrected chi connectivity index (χ4v) is 4.48. The Kier molecular flexibility index (Phi) is 10.0. The van der Waals surface area contributed by atoms with E-state index in [-0.39, 0.29) is 6.17 Å². The van der Waals surface area contributed by atoms with Gasteiger partial charge in [-0.3, -0.25) is 4.90 Å². The van der Waals surface area contributed by atoms with Crippen molar-refractivity contribution in [1.29, 1.82) is 0 Å². The van der Waals surface area contributed by atoms with Crippen molar-refractivity contribution >= 4 is 11.8 Å². The molecule has 1 aliphatic rings. The van der Waals surface area contributed by atoms with Crippen LogP contribution < -0.4 is 5.73 Å². The predicted octanol–water partition coefficient (Wildman–Crippen LogP) is 5.02. The van der Waals surface area contributed by atoms with Crippen LogP contribution in [-0.2, 0) is 0 Å². The minimum absolute atomic E-state index is 0.270. The molecule has 1 saturated heterocycles. The highest BCUT2D eigenvalue weighted by molar-refractivity contribution is 7.99. The zero-order valence-corrected chi connectivity index (χ0v) is 15.5. The lowest BCUT2D eigenvalue weighted by Crippen LogP contribution is -2.59. The summed E-state index contributed by atoms with van der Waals surface area (Å²) in [4.78, 5) is 2.64. The lowest BCUT2D eigenvalue weighted by atomic mass is 9.86. The molecule has 126 valence electrons. The van der Waals surface area contributed by atoms with Crippen LogP contribution >= 0.6 is 11.8 Å². The zero-order valence-electron chi connectivity index (χ0n) is 14.7. The van der Waals surface area contributed by atoms with Gasteiger partial charge in [-0.05, 0) is 19.8 Å². The molecule has 0 bridgehead atoms. The molecule has 1 aliphatic heterocycles. The molecule has 2 N–H and O–H groups in total. The second kappa shape index (κ2) is 10.9. The summed E-state index contributed by atoms with van der Waals surface area (Å²) in [5.41, 5.74) is 6.77. The van der Waals surface area contributed by atoms with Gasteiger partial charge in [0.25, 0.3) is 0 Å². The molecule has 1 unspecified atom stereocenters. The van der Waals surface area contributed by atoms with Crippen molar-refractivity contribution in [3.05, 3.63) is 0 Å². The van der Waals surface area contributed by atoms with Gasteiger partial charge in [-0.2, -0.15) is 11.8 Å². The molecule has 0 aliphatic carbocycles. The van der Waals surface area contributed by atoms with Crippen LogP contribution in [0.2, 0.25) is 0 Å². The van der Waals surface area contributed by atoms with Gasteiger partial charge in [-0.15, -0.1) is 0 Å². The third-order valence-electron chi connectivity index (χ3n) is 5.00. The van der Waals surface area contributed by atoms with Crippen LogP contribution in [-0.4, -0.2) is 34.7 Å². The normalized spacial score (nSPS) is 20.9. The van der Waals surface area contributed by atoms with Gasteiger partial charge < -0.3 is 5.73 Å². The first-order valence-electron chi connectivity index (χ1n) is 9.24. The number of hydrogen-bond donors (Lipinski definition) is 1. The van der Waals surface area contributed by atoms with Crippen molar-refractivity contribution < 1.29 is 0 Å². The van der Waals surface area contributed by atoms with Crippen LogP contribution in [0.1, 0.15) is 85.0 Å². The van der Waals surface area contributed by atoms with Gasteiger partial charge in [-0.25, -0.2) is 0 Å². The summed E-state index contributed by atoms with van der Waals surface area (Å²) < 4.78 is 0. The van der Waals surface area contributed by atoms with Crippen LogP contribution in [0.25, 0.3) is 0 Å². The summed E-state index contributed by atoms with van der Waals surface area (Å²) >= 11 is 2.02. The minimum Gasteiger partial charge on any atom is -0.315 e. The van der Waals surface area contributed by atoms with Gasteiger partial charge in [0.1, 0.15) is 0 Å². The molecular weight excluding hydrogens is 276 g/mol. The SMILES string of the molecule is CCCCCCC(C)(CCCCCC)N1CCSCC1N. The smallest absolute Gasteiger partial charge is 0.0669 e. The van der Waals surface area contributed by atoms with Crippen LogP contribution in [0.5, 0.6) is 0 Å². The Morgan fingerprint density at radius 2 is 1.57 bits per heavy atom. The summed E-state index contributed by atoms with van der Waals surface area (Å²) in [5, 5.41) is 0. The predicted molar refractivity (Wildman–Crippen MR) is 97.9 cm³/mol. The van der Waals surface area contributed by atoms with Gasteiger partial charge in [0.15, 0.2) is 0 Å². The molecule has 0 aromatic carbocycles. The van der Waals surface area contributed by atoms with Crippen molar-refractivity contribution in [2.45, 2.75) is 96.7 Å². The van der Waals surface area contributed by atoms with E-state index in [4.69, 9.17) is 5.73 Å². The van der Waals surface area contributed by atoms with Crippen molar-refractivity contribution in [3.63, 3.8) is 0 Å². The first-order chi connectivity index (χ1) is 10.1. The average molecular weight is 315 g/mol. The Hall–Kier alpha value is 0.270. The van der Waals surface area contributed by atoms with Gasteiger partial charge in [-0.1, -0.05) is 65.2 Å². The van der Waals surface area contributed by atoms with Crippen molar-refractivity contribution in [1.82, 2.24) is 4.90 Å². The molecule has 0 radical (unpaired) electrons. The second-order valence-corrected chi connectivity index (χ2v) is 8.10. The third-order valence-corrected chi connectivity index (χ3v) is 6.05. The van der Waals surface area contributed by atoms with Crippen LogP contribution in [0.3, 0.4) is 0 Å². The summed E-state index contributed by atoms with van der Waals surface area (Å²) in [6.07, 6.45) is 13.9. The number of thioether (sulfide) groups is 1. The number of unbranched alkanes of at least 4 members (excludes halogenated alkanes) is 6. The molecule has 0 saturated carbocycles. The number of hydrogen-bond acceptors (Lipinski definition) is 3. The molecule has 0 aromatic rings. The monoisotopic (exact) mass is 314 g/mol. The Morgan fingerprint density at radius 3 is 2.05 bits per heavy atom. The molecule has 2 nitrogen and oxygen atoms in total. The molecule has 0 aromatic heterocycles. The highest BCUT2D eigenvalue weighted by atomic mass is 32.2. The van der Waals surface area contributed by atoms with E-state index in [1.807, 2.05) is 11.8 Å².